The fourth-order valence-electron chi connectivity index (χ4n) is 1.56. The molecule has 0 amide bonds. The van der Waals surface area contributed by atoms with Crippen molar-refractivity contribution in [3.63, 3.8) is 0 Å². The zero-order valence-electron chi connectivity index (χ0n) is 7.44. The molecule has 0 saturated carbocycles. The molecule has 0 aliphatic heterocycles. The van der Waals surface area contributed by atoms with E-state index in [0.29, 0.717) is 0 Å². The summed E-state index contributed by atoms with van der Waals surface area (Å²) in [6.07, 6.45) is 4.44. The molecule has 1 aliphatic rings. The van der Waals surface area contributed by atoms with Gasteiger partial charge in [-0.25, -0.2) is 0 Å². The predicted molar refractivity (Wildman–Crippen MR) is 50.1 cm³/mol. The largest absolute Gasteiger partial charge is 0.371 e. The third-order valence-electron chi connectivity index (χ3n) is 2.28. The van der Waals surface area contributed by atoms with E-state index < -0.39 is 0 Å². The van der Waals surface area contributed by atoms with Gasteiger partial charge in [0.05, 0.1) is 0 Å². The maximum Gasteiger partial charge on any atom is 0.155 e. The Labute approximate surface area is 71.9 Å². The Bertz CT molecular complexity index is 323. The molecule has 0 fully saturated rings. The number of H-pyrrole nitrogens is 1. The summed E-state index contributed by atoms with van der Waals surface area (Å²) in [5.74, 6) is 0.962. The van der Waals surface area contributed by atoms with E-state index >= 15 is 0 Å². The zero-order chi connectivity index (χ0) is 8.55. The molecule has 2 N–H and O–H groups in total. The molecule has 0 radical (unpaired) electrons. The number of hydrogen-bond acceptors (Lipinski definition) is 2. The van der Waals surface area contributed by atoms with Gasteiger partial charge in [0, 0.05) is 18.3 Å². The lowest BCUT2D eigenvalue weighted by atomic mass is 9.99. The van der Waals surface area contributed by atoms with Crippen LogP contribution in [0, 0.1) is 0 Å². The average Bonchev–Trinajstić information content (AvgIpc) is 2.46. The second-order valence-electron chi connectivity index (χ2n) is 3.21. The molecular formula is C9H13N3. The molecule has 0 saturated heterocycles. The summed E-state index contributed by atoms with van der Waals surface area (Å²) < 4.78 is 0. The smallest absolute Gasteiger partial charge is 0.155 e. The number of aromatic amines is 1. The molecular weight excluding hydrogens is 150 g/mol. The van der Waals surface area contributed by atoms with Crippen LogP contribution in [0.4, 0.5) is 5.82 Å². The molecule has 0 bridgehead atoms. The van der Waals surface area contributed by atoms with Gasteiger partial charge in [0.1, 0.15) is 0 Å². The number of nitrogens with one attached hydrogen (secondary N) is 2. The Morgan fingerprint density at radius 3 is 3.08 bits per heavy atom. The normalized spacial score (nSPS) is 15.3. The number of rotatable bonds is 1. The van der Waals surface area contributed by atoms with Gasteiger partial charge in [-0.05, 0) is 19.8 Å². The molecule has 2 rings (SSSR count). The predicted octanol–water partition coefficient (Wildman–Crippen LogP) is 1.80. The third kappa shape index (κ3) is 1.02. The van der Waals surface area contributed by atoms with E-state index in [2.05, 4.69) is 28.5 Å². The molecule has 0 spiro atoms. The minimum absolute atomic E-state index is 0.962. The molecule has 0 aromatic carbocycles. The summed E-state index contributed by atoms with van der Waals surface area (Å²) in [4.78, 5) is 0. The molecule has 0 unspecified atom stereocenters. The van der Waals surface area contributed by atoms with Gasteiger partial charge in [0.2, 0.25) is 0 Å². The molecule has 1 aromatic rings. The van der Waals surface area contributed by atoms with E-state index in [1.165, 1.54) is 16.8 Å². The van der Waals surface area contributed by atoms with E-state index in [1.54, 1.807) is 0 Å². The SMILES string of the molecule is CNc1n[nH]c2c1C=C(C)CC2. The molecule has 3 heteroatoms. The van der Waals surface area contributed by atoms with Crippen LogP contribution in [0.25, 0.3) is 6.08 Å². The summed E-state index contributed by atoms with van der Waals surface area (Å²) in [5.41, 5.74) is 3.92. The van der Waals surface area contributed by atoms with Crippen LogP contribution < -0.4 is 5.32 Å². The lowest BCUT2D eigenvalue weighted by Crippen LogP contribution is -1.97. The van der Waals surface area contributed by atoms with E-state index in [1.807, 2.05) is 7.05 Å². The summed E-state index contributed by atoms with van der Waals surface area (Å²) in [6, 6.07) is 0. The van der Waals surface area contributed by atoms with Crippen LogP contribution in [0.2, 0.25) is 0 Å². The maximum atomic E-state index is 4.17. The topological polar surface area (TPSA) is 40.7 Å². The highest BCUT2D eigenvalue weighted by molar-refractivity contribution is 5.68. The number of anilines is 1. The van der Waals surface area contributed by atoms with Gasteiger partial charge in [-0.15, -0.1) is 0 Å². The fraction of sp³-hybridized carbons (Fsp3) is 0.444. The molecule has 1 aromatic heterocycles. The van der Waals surface area contributed by atoms with Crippen molar-refractivity contribution in [3.8, 4) is 0 Å². The Morgan fingerprint density at radius 2 is 2.33 bits per heavy atom. The van der Waals surface area contributed by atoms with Crippen LogP contribution in [0.3, 0.4) is 0 Å². The van der Waals surface area contributed by atoms with E-state index in [-0.39, 0.29) is 0 Å². The summed E-state index contributed by atoms with van der Waals surface area (Å²) in [7, 11) is 1.90. The summed E-state index contributed by atoms with van der Waals surface area (Å²) >= 11 is 0. The highest BCUT2D eigenvalue weighted by atomic mass is 15.2. The van der Waals surface area contributed by atoms with Crippen molar-refractivity contribution in [2.24, 2.45) is 0 Å². The van der Waals surface area contributed by atoms with Crippen molar-refractivity contribution in [1.29, 1.82) is 0 Å². The molecule has 1 heterocycles. The maximum absolute atomic E-state index is 4.17. The Kier molecular flexibility index (Phi) is 1.64. The van der Waals surface area contributed by atoms with Gasteiger partial charge in [0.25, 0.3) is 0 Å². The van der Waals surface area contributed by atoms with Crippen molar-refractivity contribution in [2.45, 2.75) is 19.8 Å². The Balaban J connectivity index is 2.49. The van der Waals surface area contributed by atoms with Crippen molar-refractivity contribution < 1.29 is 0 Å². The summed E-state index contributed by atoms with van der Waals surface area (Å²) in [5, 5.41) is 10.3. The lowest BCUT2D eigenvalue weighted by Gasteiger charge is -2.08. The van der Waals surface area contributed by atoms with E-state index in [9.17, 15) is 0 Å². The first kappa shape index (κ1) is 7.40. The van der Waals surface area contributed by atoms with E-state index in [4.69, 9.17) is 0 Å². The number of nitrogens with zero attached hydrogens (tertiary/aromatic N) is 1. The minimum atomic E-state index is 0.962. The number of hydrogen-bond donors (Lipinski definition) is 2. The molecule has 64 valence electrons. The number of aromatic nitrogens is 2. The highest BCUT2D eigenvalue weighted by Gasteiger charge is 2.13. The van der Waals surface area contributed by atoms with Gasteiger partial charge in [0.15, 0.2) is 5.82 Å². The second kappa shape index (κ2) is 2.66. The number of allylic oxidation sites excluding steroid dienone is 1. The fourth-order valence-corrected chi connectivity index (χ4v) is 1.56. The van der Waals surface area contributed by atoms with Gasteiger partial charge >= 0.3 is 0 Å². The quantitative estimate of drug-likeness (QED) is 0.662. The molecule has 0 atom stereocenters. The number of aryl methyl sites for hydroxylation is 1. The van der Waals surface area contributed by atoms with Gasteiger partial charge in [-0.1, -0.05) is 11.6 Å². The van der Waals surface area contributed by atoms with Crippen molar-refractivity contribution in [2.75, 3.05) is 12.4 Å². The highest BCUT2D eigenvalue weighted by Crippen LogP contribution is 2.26. The van der Waals surface area contributed by atoms with Crippen LogP contribution in [0.5, 0.6) is 0 Å². The van der Waals surface area contributed by atoms with E-state index in [0.717, 1.165) is 18.7 Å². The van der Waals surface area contributed by atoms with Crippen molar-refractivity contribution in [1.82, 2.24) is 10.2 Å². The molecule has 12 heavy (non-hydrogen) atoms. The third-order valence-corrected chi connectivity index (χ3v) is 2.28. The summed E-state index contributed by atoms with van der Waals surface area (Å²) in [6.45, 7) is 2.16. The van der Waals surface area contributed by atoms with Gasteiger partial charge in [-0.2, -0.15) is 5.10 Å². The van der Waals surface area contributed by atoms with Gasteiger partial charge < -0.3 is 5.32 Å². The zero-order valence-corrected chi connectivity index (χ0v) is 7.44. The van der Waals surface area contributed by atoms with Crippen molar-refractivity contribution >= 4 is 11.9 Å². The van der Waals surface area contributed by atoms with Crippen LogP contribution in [-0.2, 0) is 6.42 Å². The standard InChI is InChI=1S/C9H13N3/c1-6-3-4-8-7(5-6)9(10-2)12-11-8/h5H,3-4H2,1-2H3,(H2,10,11,12). The average molecular weight is 163 g/mol. The van der Waals surface area contributed by atoms with Crippen LogP contribution >= 0.6 is 0 Å². The first-order valence-corrected chi connectivity index (χ1v) is 4.23. The second-order valence-corrected chi connectivity index (χ2v) is 3.21. The van der Waals surface area contributed by atoms with Crippen LogP contribution in [0.15, 0.2) is 5.57 Å². The van der Waals surface area contributed by atoms with Crippen LogP contribution in [-0.4, -0.2) is 17.2 Å². The lowest BCUT2D eigenvalue weighted by molar-refractivity contribution is 0.873. The van der Waals surface area contributed by atoms with Crippen molar-refractivity contribution in [3.05, 3.63) is 16.8 Å². The number of fused-ring (bicyclic) bond motifs is 1. The first-order chi connectivity index (χ1) is 5.81. The molecule has 1 aliphatic carbocycles. The monoisotopic (exact) mass is 163 g/mol. The molecule has 3 nitrogen and oxygen atoms in total. The Morgan fingerprint density at radius 1 is 1.50 bits per heavy atom. The Hall–Kier alpha value is -1.25. The minimum Gasteiger partial charge on any atom is -0.371 e. The van der Waals surface area contributed by atoms with Gasteiger partial charge in [-0.3, -0.25) is 5.10 Å². The van der Waals surface area contributed by atoms with Crippen LogP contribution in [0.1, 0.15) is 24.6 Å². The first-order valence-electron chi connectivity index (χ1n) is 4.23.